The highest BCUT2D eigenvalue weighted by Gasteiger charge is 2.32. The van der Waals surface area contributed by atoms with E-state index >= 15 is 0 Å². The van der Waals surface area contributed by atoms with Crippen LogP contribution < -0.4 is 10.6 Å². The first kappa shape index (κ1) is 29.7. The highest BCUT2D eigenvalue weighted by atomic mass is 19.4. The molecule has 1 amide bonds. The number of anilines is 1. The van der Waals surface area contributed by atoms with Crippen molar-refractivity contribution in [2.75, 3.05) is 45.3 Å². The van der Waals surface area contributed by atoms with E-state index in [0.717, 1.165) is 62.8 Å². The van der Waals surface area contributed by atoms with E-state index in [1.807, 2.05) is 4.90 Å². The molecule has 1 aromatic heterocycles. The predicted octanol–water partition coefficient (Wildman–Crippen LogP) is 4.22. The molecule has 0 saturated carbocycles. The first-order chi connectivity index (χ1) is 19.8. The maximum absolute atomic E-state index is 13.2. The normalized spacial score (nSPS) is 26.1. The number of nitrogens with one attached hydrogen (secondary N) is 2. The van der Waals surface area contributed by atoms with Gasteiger partial charge in [0.15, 0.2) is 0 Å². The van der Waals surface area contributed by atoms with Crippen molar-refractivity contribution in [3.63, 3.8) is 0 Å². The van der Waals surface area contributed by atoms with E-state index in [1.165, 1.54) is 18.5 Å². The van der Waals surface area contributed by atoms with Crippen LogP contribution >= 0.6 is 0 Å². The van der Waals surface area contributed by atoms with Gasteiger partial charge in [0.1, 0.15) is 17.8 Å². The van der Waals surface area contributed by atoms with Crippen molar-refractivity contribution in [2.24, 2.45) is 0 Å². The largest absolute Gasteiger partial charge is 0.416 e. The van der Waals surface area contributed by atoms with Gasteiger partial charge < -0.3 is 29.7 Å². The summed E-state index contributed by atoms with van der Waals surface area (Å²) in [4.78, 5) is 23.5. The molecular formula is C29H38F3N5O4. The number of ether oxygens (including phenoxy) is 3. The van der Waals surface area contributed by atoms with Crippen molar-refractivity contribution >= 4 is 11.7 Å². The van der Waals surface area contributed by atoms with Gasteiger partial charge in [0.05, 0.1) is 30.5 Å². The molecule has 2 aromatic rings. The van der Waals surface area contributed by atoms with E-state index < -0.39 is 11.7 Å². The molecule has 0 bridgehead atoms. The fourth-order valence-corrected chi connectivity index (χ4v) is 5.82. The molecule has 0 spiro atoms. The highest BCUT2D eigenvalue weighted by Crippen LogP contribution is 2.34. The Morgan fingerprint density at radius 3 is 2.61 bits per heavy atom. The van der Waals surface area contributed by atoms with Gasteiger partial charge >= 0.3 is 6.18 Å². The molecule has 9 nitrogen and oxygen atoms in total. The number of halogens is 3. The van der Waals surface area contributed by atoms with Crippen LogP contribution in [0.2, 0.25) is 0 Å². The zero-order chi connectivity index (χ0) is 28.8. The van der Waals surface area contributed by atoms with Crippen LogP contribution in [0.3, 0.4) is 0 Å². The summed E-state index contributed by atoms with van der Waals surface area (Å²) in [7, 11) is 1.71. The van der Waals surface area contributed by atoms with Gasteiger partial charge in [-0.15, -0.1) is 0 Å². The average molecular weight is 578 g/mol. The molecular weight excluding hydrogens is 539 g/mol. The Balaban J connectivity index is 1.10. The summed E-state index contributed by atoms with van der Waals surface area (Å²) in [5.74, 6) is 0.413. The summed E-state index contributed by atoms with van der Waals surface area (Å²) in [6, 6.07) is 7.43. The van der Waals surface area contributed by atoms with Crippen molar-refractivity contribution in [1.29, 1.82) is 0 Å². The van der Waals surface area contributed by atoms with Crippen LogP contribution in [0.15, 0.2) is 36.7 Å². The van der Waals surface area contributed by atoms with Crippen LogP contribution in [0, 0.1) is 0 Å². The molecule has 5 rings (SSSR count). The number of likely N-dealkylation sites (tertiary alicyclic amines) is 1. The number of alkyl halides is 3. The number of methoxy groups -OCH3 is 1. The molecule has 0 aliphatic carbocycles. The van der Waals surface area contributed by atoms with Gasteiger partial charge in [0.2, 0.25) is 0 Å². The van der Waals surface area contributed by atoms with Crippen molar-refractivity contribution in [3.8, 4) is 0 Å². The third-order valence-corrected chi connectivity index (χ3v) is 8.19. The lowest BCUT2D eigenvalue weighted by atomic mass is 9.97. The van der Waals surface area contributed by atoms with Crippen LogP contribution in [0.1, 0.15) is 66.2 Å². The number of amides is 1. The fraction of sp³-hybridized carbons (Fsp3) is 0.621. The molecule has 3 saturated heterocycles. The Hall–Kier alpha value is -2.80. The van der Waals surface area contributed by atoms with Crippen molar-refractivity contribution in [2.45, 2.75) is 75.1 Å². The minimum Gasteiger partial charge on any atom is -0.379 e. The lowest BCUT2D eigenvalue weighted by Crippen LogP contribution is -2.54. The van der Waals surface area contributed by atoms with Gasteiger partial charge in [-0.05, 0) is 56.2 Å². The number of aromatic nitrogens is 2. The number of carbonyl (C=O) groups is 1. The zero-order valence-corrected chi connectivity index (χ0v) is 23.2. The maximum Gasteiger partial charge on any atom is 0.416 e. The Morgan fingerprint density at radius 2 is 1.88 bits per heavy atom. The average Bonchev–Trinajstić information content (AvgIpc) is 3.00. The van der Waals surface area contributed by atoms with Crippen molar-refractivity contribution in [3.05, 3.63) is 53.5 Å². The molecule has 4 heterocycles. The number of hydrogen-bond acceptors (Lipinski definition) is 8. The second kappa shape index (κ2) is 13.5. The summed E-state index contributed by atoms with van der Waals surface area (Å²) in [5, 5.41) is 6.95. The van der Waals surface area contributed by atoms with Crippen LogP contribution in [0.5, 0.6) is 0 Å². The number of hydrogen-bond donors (Lipinski definition) is 2. The standard InChI is InChI=1S/C29H38F3N5O4/c1-39-26-17-40-14-11-23(26)36-21-9-12-37(13-10-21)28(38)24-15-27(35-18-34-24)33-16-22-3-2-4-25(41-22)19-5-7-20(8-6-19)29(30,31)32/h5-8,15,18,21-23,25-26,36H,2-4,9-14,16-17H2,1H3,(H,33,34,35). The van der Waals surface area contributed by atoms with Gasteiger partial charge in [-0.25, -0.2) is 9.97 Å². The Morgan fingerprint density at radius 1 is 1.10 bits per heavy atom. The first-order valence-corrected chi connectivity index (χ1v) is 14.3. The summed E-state index contributed by atoms with van der Waals surface area (Å²) in [5.41, 5.74) is 0.411. The number of nitrogens with zero attached hydrogens (tertiary/aromatic N) is 3. The van der Waals surface area contributed by atoms with Crippen molar-refractivity contribution in [1.82, 2.24) is 20.2 Å². The molecule has 4 unspecified atom stereocenters. The van der Waals surface area contributed by atoms with E-state index in [4.69, 9.17) is 14.2 Å². The zero-order valence-electron chi connectivity index (χ0n) is 23.2. The van der Waals surface area contributed by atoms with Gasteiger partial charge in [-0.3, -0.25) is 4.79 Å². The third-order valence-electron chi connectivity index (χ3n) is 8.19. The highest BCUT2D eigenvalue weighted by molar-refractivity contribution is 5.93. The van der Waals surface area contributed by atoms with Gasteiger partial charge in [-0.2, -0.15) is 13.2 Å². The van der Waals surface area contributed by atoms with Crippen LogP contribution in [-0.2, 0) is 20.4 Å². The molecule has 41 heavy (non-hydrogen) atoms. The van der Waals surface area contributed by atoms with E-state index in [2.05, 4.69) is 20.6 Å². The summed E-state index contributed by atoms with van der Waals surface area (Å²) >= 11 is 0. The molecule has 1 aromatic carbocycles. The SMILES string of the molecule is COC1COCCC1NC1CCN(C(=O)c2cc(NCC3CCCC(c4ccc(C(F)(F)F)cc4)O3)ncn2)CC1. The lowest BCUT2D eigenvalue weighted by Gasteiger charge is -2.38. The molecule has 0 radical (unpaired) electrons. The fourth-order valence-electron chi connectivity index (χ4n) is 5.82. The lowest BCUT2D eigenvalue weighted by molar-refractivity contribution is -0.137. The van der Waals surface area contributed by atoms with Gasteiger partial charge in [-0.1, -0.05) is 12.1 Å². The number of rotatable bonds is 8. The number of benzene rings is 1. The van der Waals surface area contributed by atoms with Crippen LogP contribution in [0.25, 0.3) is 0 Å². The third kappa shape index (κ3) is 7.73. The second-order valence-corrected chi connectivity index (χ2v) is 10.9. The minimum atomic E-state index is -4.36. The molecule has 12 heteroatoms. The predicted molar refractivity (Wildman–Crippen MR) is 146 cm³/mol. The van der Waals surface area contributed by atoms with E-state index in [1.54, 1.807) is 13.2 Å². The minimum absolute atomic E-state index is 0.0464. The molecule has 3 fully saturated rings. The van der Waals surface area contributed by atoms with Crippen molar-refractivity contribution < 1.29 is 32.2 Å². The van der Waals surface area contributed by atoms with Gasteiger partial charge in [0, 0.05) is 51.5 Å². The number of carbonyl (C=O) groups excluding carboxylic acids is 1. The van der Waals surface area contributed by atoms with E-state index in [0.29, 0.717) is 43.8 Å². The topological polar surface area (TPSA) is 97.8 Å². The Labute approximate surface area is 238 Å². The molecule has 3 aliphatic heterocycles. The Kier molecular flexibility index (Phi) is 9.74. The van der Waals surface area contributed by atoms with E-state index in [9.17, 15) is 18.0 Å². The van der Waals surface area contributed by atoms with Crippen LogP contribution in [0.4, 0.5) is 19.0 Å². The molecule has 224 valence electrons. The summed E-state index contributed by atoms with van der Waals surface area (Å²) in [6.45, 7) is 3.08. The monoisotopic (exact) mass is 577 g/mol. The first-order valence-electron chi connectivity index (χ1n) is 14.3. The smallest absolute Gasteiger partial charge is 0.379 e. The maximum atomic E-state index is 13.2. The molecule has 2 N–H and O–H groups in total. The number of piperidine rings is 1. The van der Waals surface area contributed by atoms with Crippen LogP contribution in [-0.4, -0.2) is 85.0 Å². The molecule has 3 aliphatic rings. The van der Waals surface area contributed by atoms with Gasteiger partial charge in [0.25, 0.3) is 5.91 Å². The quantitative estimate of drug-likeness (QED) is 0.482. The van der Waals surface area contributed by atoms with E-state index in [-0.39, 0.29) is 30.3 Å². The second-order valence-electron chi connectivity index (χ2n) is 10.9. The molecule has 4 atom stereocenters. The Bertz CT molecular complexity index is 1140. The summed E-state index contributed by atoms with van der Waals surface area (Å²) < 4.78 is 56.0. The summed E-state index contributed by atoms with van der Waals surface area (Å²) in [6.07, 6.45) is 1.77.